The van der Waals surface area contributed by atoms with Gasteiger partial charge in [-0.2, -0.15) is 0 Å². The van der Waals surface area contributed by atoms with Gasteiger partial charge in [0.25, 0.3) is 0 Å². The summed E-state index contributed by atoms with van der Waals surface area (Å²) in [5.74, 6) is 1.27. The average molecular weight is 324 g/mol. The summed E-state index contributed by atoms with van der Waals surface area (Å²) in [6.45, 7) is 4.48. The zero-order chi connectivity index (χ0) is 16.6. The molecule has 4 aliphatic rings. The maximum Gasteiger partial charge on any atom is 0.0855 e. The Labute approximate surface area is 138 Å². The molecule has 4 fully saturated rings. The van der Waals surface area contributed by atoms with Crippen LogP contribution in [-0.4, -0.2) is 44.8 Å². The van der Waals surface area contributed by atoms with Gasteiger partial charge in [0.2, 0.25) is 0 Å². The first-order chi connectivity index (χ1) is 10.8. The SMILES string of the molecule is C[C@]12CC[C@@H](O)C[C@@H]1C[C@@H](O)[C@@H]1[C@@H]2CC[C@]2(C)[C@@H](O)[C@H](O)C[C@@H]12. The molecule has 4 aliphatic carbocycles. The molecule has 0 aliphatic heterocycles. The zero-order valence-electron chi connectivity index (χ0n) is 14.4. The summed E-state index contributed by atoms with van der Waals surface area (Å²) in [6.07, 6.45) is 4.24. The molecule has 0 radical (unpaired) electrons. The van der Waals surface area contributed by atoms with Gasteiger partial charge in [0.1, 0.15) is 0 Å². The van der Waals surface area contributed by atoms with Gasteiger partial charge in [-0.05, 0) is 79.4 Å². The highest BCUT2D eigenvalue weighted by Crippen LogP contribution is 2.66. The number of rotatable bonds is 0. The molecule has 0 amide bonds. The van der Waals surface area contributed by atoms with Gasteiger partial charge in [0.05, 0.1) is 24.4 Å². The first-order valence-corrected chi connectivity index (χ1v) is 9.49. The molecule has 0 saturated heterocycles. The smallest absolute Gasteiger partial charge is 0.0855 e. The van der Waals surface area contributed by atoms with Gasteiger partial charge in [0.15, 0.2) is 0 Å². The average Bonchev–Trinajstić information content (AvgIpc) is 2.73. The fourth-order valence-electron chi connectivity index (χ4n) is 7.19. The second-order valence-corrected chi connectivity index (χ2v) is 9.52. The molecule has 23 heavy (non-hydrogen) atoms. The minimum atomic E-state index is -0.653. The summed E-state index contributed by atoms with van der Waals surface area (Å²) >= 11 is 0. The van der Waals surface area contributed by atoms with E-state index in [1.54, 1.807) is 0 Å². The standard InChI is InChI=1S/C19H32O4/c1-18-5-3-11(20)7-10(18)8-14(21)16-12(18)4-6-19(2)13(16)9-15(22)17(19)23/h10-17,20-23H,3-9H2,1-2H3/t10-,11-,12+,13+,14-,15-,16-,17+,18+,19+/m1/s1. The number of hydrogen-bond acceptors (Lipinski definition) is 4. The number of hydrogen-bond donors (Lipinski definition) is 4. The van der Waals surface area contributed by atoms with E-state index in [4.69, 9.17) is 0 Å². The molecule has 10 atom stereocenters. The highest BCUT2D eigenvalue weighted by molar-refractivity contribution is 5.13. The first kappa shape index (κ1) is 16.3. The summed E-state index contributed by atoms with van der Waals surface area (Å²) in [4.78, 5) is 0. The lowest BCUT2D eigenvalue weighted by Crippen LogP contribution is -2.58. The number of fused-ring (bicyclic) bond motifs is 5. The first-order valence-electron chi connectivity index (χ1n) is 9.49. The Bertz CT molecular complexity index is 482. The van der Waals surface area contributed by atoms with Crippen LogP contribution < -0.4 is 0 Å². The van der Waals surface area contributed by atoms with Crippen molar-refractivity contribution in [3.05, 3.63) is 0 Å². The van der Waals surface area contributed by atoms with Gasteiger partial charge in [-0.15, -0.1) is 0 Å². The Morgan fingerprint density at radius 2 is 1.43 bits per heavy atom. The molecule has 0 heterocycles. The van der Waals surface area contributed by atoms with Gasteiger partial charge in [-0.25, -0.2) is 0 Å². The normalized spacial score (nSPS) is 62.3. The Morgan fingerprint density at radius 3 is 2.17 bits per heavy atom. The second-order valence-electron chi connectivity index (χ2n) is 9.52. The Hall–Kier alpha value is -0.160. The minimum Gasteiger partial charge on any atom is -0.393 e. The van der Waals surface area contributed by atoms with E-state index in [2.05, 4.69) is 13.8 Å². The largest absolute Gasteiger partial charge is 0.393 e. The lowest BCUT2D eigenvalue weighted by atomic mass is 9.44. The van der Waals surface area contributed by atoms with Crippen molar-refractivity contribution in [2.45, 2.75) is 83.2 Å². The quantitative estimate of drug-likeness (QED) is 0.547. The Kier molecular flexibility index (Phi) is 3.67. The molecule has 4 saturated carbocycles. The van der Waals surface area contributed by atoms with E-state index >= 15 is 0 Å². The topological polar surface area (TPSA) is 80.9 Å². The van der Waals surface area contributed by atoms with Crippen LogP contribution in [0.25, 0.3) is 0 Å². The van der Waals surface area contributed by atoms with Gasteiger partial charge >= 0.3 is 0 Å². The third-order valence-corrected chi connectivity index (χ3v) is 8.63. The fourth-order valence-corrected chi connectivity index (χ4v) is 7.19. The molecule has 0 aromatic heterocycles. The van der Waals surface area contributed by atoms with Crippen molar-refractivity contribution in [1.82, 2.24) is 0 Å². The Balaban J connectivity index is 1.68. The van der Waals surface area contributed by atoms with Crippen LogP contribution in [0.2, 0.25) is 0 Å². The van der Waals surface area contributed by atoms with Crippen LogP contribution >= 0.6 is 0 Å². The summed E-state index contributed by atoms with van der Waals surface area (Å²) in [5, 5.41) is 41.7. The molecule has 4 rings (SSSR count). The van der Waals surface area contributed by atoms with Gasteiger partial charge in [-0.3, -0.25) is 0 Å². The monoisotopic (exact) mass is 324 g/mol. The third kappa shape index (κ3) is 2.11. The second kappa shape index (κ2) is 5.17. The molecule has 4 heteroatoms. The molecule has 4 nitrogen and oxygen atoms in total. The Morgan fingerprint density at radius 1 is 0.739 bits per heavy atom. The molecular weight excluding hydrogens is 292 g/mol. The molecule has 0 spiro atoms. The summed E-state index contributed by atoms with van der Waals surface area (Å²) in [7, 11) is 0. The lowest BCUT2D eigenvalue weighted by Gasteiger charge is -2.61. The van der Waals surface area contributed by atoms with Gasteiger partial charge in [0, 0.05) is 0 Å². The third-order valence-electron chi connectivity index (χ3n) is 8.63. The van der Waals surface area contributed by atoms with Crippen LogP contribution in [0.3, 0.4) is 0 Å². The highest BCUT2D eigenvalue weighted by atomic mass is 16.3. The molecule has 4 N–H and O–H groups in total. The van der Waals surface area contributed by atoms with Crippen molar-refractivity contribution in [3.8, 4) is 0 Å². The van der Waals surface area contributed by atoms with Crippen LogP contribution in [-0.2, 0) is 0 Å². The van der Waals surface area contributed by atoms with Crippen LogP contribution in [0, 0.1) is 34.5 Å². The van der Waals surface area contributed by atoms with E-state index in [0.717, 1.165) is 38.5 Å². The van der Waals surface area contributed by atoms with Crippen molar-refractivity contribution < 1.29 is 20.4 Å². The van der Waals surface area contributed by atoms with Crippen LogP contribution in [0.4, 0.5) is 0 Å². The predicted octanol–water partition coefficient (Wildman–Crippen LogP) is 1.69. The molecular formula is C19H32O4. The van der Waals surface area contributed by atoms with Gasteiger partial charge < -0.3 is 20.4 Å². The van der Waals surface area contributed by atoms with E-state index in [-0.39, 0.29) is 34.9 Å². The van der Waals surface area contributed by atoms with Crippen molar-refractivity contribution in [2.75, 3.05) is 0 Å². The van der Waals surface area contributed by atoms with Crippen molar-refractivity contribution in [1.29, 1.82) is 0 Å². The molecule has 0 aromatic rings. The van der Waals surface area contributed by atoms with E-state index in [9.17, 15) is 20.4 Å². The molecule has 132 valence electrons. The van der Waals surface area contributed by atoms with Crippen LogP contribution in [0.15, 0.2) is 0 Å². The summed E-state index contributed by atoms with van der Waals surface area (Å²) in [5.41, 5.74) is -0.0537. The van der Waals surface area contributed by atoms with E-state index in [1.807, 2.05) is 0 Å². The van der Waals surface area contributed by atoms with Gasteiger partial charge in [-0.1, -0.05) is 13.8 Å². The maximum absolute atomic E-state index is 10.9. The molecule has 0 bridgehead atoms. The maximum atomic E-state index is 10.9. The minimum absolute atomic E-state index is 0.192. The van der Waals surface area contributed by atoms with Crippen molar-refractivity contribution in [3.63, 3.8) is 0 Å². The van der Waals surface area contributed by atoms with Crippen molar-refractivity contribution in [2.24, 2.45) is 34.5 Å². The summed E-state index contributed by atoms with van der Waals surface area (Å²) < 4.78 is 0. The molecule has 0 unspecified atom stereocenters. The van der Waals surface area contributed by atoms with E-state index in [0.29, 0.717) is 18.3 Å². The van der Waals surface area contributed by atoms with E-state index in [1.165, 1.54) is 0 Å². The fraction of sp³-hybridized carbons (Fsp3) is 1.00. The van der Waals surface area contributed by atoms with E-state index < -0.39 is 12.2 Å². The number of aliphatic hydroxyl groups excluding tert-OH is 4. The molecule has 0 aromatic carbocycles. The number of aliphatic hydroxyl groups is 4. The van der Waals surface area contributed by atoms with Crippen LogP contribution in [0.1, 0.15) is 58.8 Å². The van der Waals surface area contributed by atoms with Crippen LogP contribution in [0.5, 0.6) is 0 Å². The van der Waals surface area contributed by atoms with Crippen molar-refractivity contribution >= 4 is 0 Å². The summed E-state index contributed by atoms with van der Waals surface area (Å²) in [6, 6.07) is 0. The highest BCUT2D eigenvalue weighted by Gasteiger charge is 2.64. The lowest BCUT2D eigenvalue weighted by molar-refractivity contribution is -0.177. The predicted molar refractivity (Wildman–Crippen MR) is 86.5 cm³/mol. The zero-order valence-corrected chi connectivity index (χ0v) is 14.4.